The highest BCUT2D eigenvalue weighted by Crippen LogP contribution is 2.23. The summed E-state index contributed by atoms with van der Waals surface area (Å²) in [7, 11) is 1.52. The van der Waals surface area contributed by atoms with Gasteiger partial charge in [-0.1, -0.05) is 44.2 Å². The number of carbonyl (C=O) groups excluding carboxylic acids is 2. The Hall–Kier alpha value is -3.61. The highest BCUT2D eigenvalue weighted by Gasteiger charge is 2.26. The van der Waals surface area contributed by atoms with Crippen LogP contribution in [0.25, 0.3) is 11.0 Å². The molecular weight excluding hydrogens is 398 g/mol. The van der Waals surface area contributed by atoms with Gasteiger partial charge in [0.2, 0.25) is 5.91 Å². The van der Waals surface area contributed by atoms with Crippen molar-refractivity contribution in [2.45, 2.75) is 32.9 Å². The summed E-state index contributed by atoms with van der Waals surface area (Å²) >= 11 is 0. The molecule has 1 heterocycles. The molecule has 0 unspecified atom stereocenters. The van der Waals surface area contributed by atoms with Crippen molar-refractivity contribution in [2.75, 3.05) is 7.11 Å². The molecule has 0 spiro atoms. The Bertz CT molecular complexity index is 1120. The Morgan fingerprint density at radius 2 is 1.81 bits per heavy atom. The molecule has 7 nitrogen and oxygen atoms in total. The first kappa shape index (κ1) is 22.1. The van der Waals surface area contributed by atoms with Gasteiger partial charge < -0.3 is 19.2 Å². The number of carbonyl (C=O) groups is 2. The van der Waals surface area contributed by atoms with E-state index in [-0.39, 0.29) is 24.9 Å². The molecule has 7 heteroatoms. The van der Waals surface area contributed by atoms with Gasteiger partial charge in [0.15, 0.2) is 0 Å². The van der Waals surface area contributed by atoms with Crippen LogP contribution in [0.15, 0.2) is 63.8 Å². The lowest BCUT2D eigenvalue weighted by molar-refractivity contribution is -0.150. The van der Waals surface area contributed by atoms with E-state index < -0.39 is 17.6 Å². The lowest BCUT2D eigenvalue weighted by atomic mass is 10.0. The lowest BCUT2D eigenvalue weighted by Gasteiger charge is -2.21. The molecule has 162 valence electrons. The summed E-state index contributed by atoms with van der Waals surface area (Å²) in [6, 6.07) is 14.8. The molecule has 3 rings (SSSR count). The van der Waals surface area contributed by atoms with Crippen LogP contribution in [-0.4, -0.2) is 25.0 Å². The number of hydrogen-bond donors (Lipinski definition) is 1. The summed E-state index contributed by atoms with van der Waals surface area (Å²) < 4.78 is 15.8. The number of methoxy groups -OCH3 is 1. The van der Waals surface area contributed by atoms with E-state index in [4.69, 9.17) is 13.9 Å². The molecule has 0 radical (unpaired) electrons. The SMILES string of the molecule is COc1ccc2c(COC(=O)[C@@H](NC(=O)Cc3ccccc3)C(C)C)cc(=O)oc2c1. The Morgan fingerprint density at radius 1 is 1.06 bits per heavy atom. The predicted molar refractivity (Wildman–Crippen MR) is 116 cm³/mol. The third-order valence-corrected chi connectivity index (χ3v) is 4.85. The number of esters is 1. The van der Waals surface area contributed by atoms with Gasteiger partial charge in [0.1, 0.15) is 24.0 Å². The fourth-order valence-corrected chi connectivity index (χ4v) is 3.20. The minimum absolute atomic E-state index is 0.120. The highest BCUT2D eigenvalue weighted by atomic mass is 16.5. The minimum atomic E-state index is -0.803. The number of nitrogens with one attached hydrogen (secondary N) is 1. The first-order valence-corrected chi connectivity index (χ1v) is 9.98. The van der Waals surface area contributed by atoms with E-state index in [9.17, 15) is 14.4 Å². The summed E-state index contributed by atoms with van der Waals surface area (Å²) in [5.41, 5.74) is 1.16. The molecule has 0 saturated heterocycles. The number of rotatable bonds is 8. The summed E-state index contributed by atoms with van der Waals surface area (Å²) in [4.78, 5) is 37.0. The molecule has 0 aliphatic rings. The zero-order valence-corrected chi connectivity index (χ0v) is 17.7. The molecule has 31 heavy (non-hydrogen) atoms. The Kier molecular flexibility index (Phi) is 7.07. The summed E-state index contributed by atoms with van der Waals surface area (Å²) in [6.45, 7) is 3.53. The van der Waals surface area contributed by atoms with Crippen LogP contribution in [0.4, 0.5) is 0 Å². The van der Waals surface area contributed by atoms with Crippen molar-refractivity contribution in [3.05, 3.63) is 76.1 Å². The maximum Gasteiger partial charge on any atom is 0.336 e. The van der Waals surface area contributed by atoms with Crippen molar-refractivity contribution >= 4 is 22.8 Å². The Balaban J connectivity index is 1.70. The summed E-state index contributed by atoms with van der Waals surface area (Å²) in [6.07, 6.45) is 0.170. The normalized spacial score (nSPS) is 11.9. The summed E-state index contributed by atoms with van der Waals surface area (Å²) in [5, 5.41) is 3.40. The maximum absolute atomic E-state index is 12.7. The van der Waals surface area contributed by atoms with Gasteiger partial charge in [0.05, 0.1) is 13.5 Å². The zero-order valence-electron chi connectivity index (χ0n) is 17.7. The molecule has 0 bridgehead atoms. The maximum atomic E-state index is 12.7. The van der Waals surface area contributed by atoms with Crippen LogP contribution in [0.5, 0.6) is 5.75 Å². The molecule has 1 aromatic heterocycles. The quantitative estimate of drug-likeness (QED) is 0.442. The van der Waals surface area contributed by atoms with Crippen LogP contribution in [0.2, 0.25) is 0 Å². The lowest BCUT2D eigenvalue weighted by Crippen LogP contribution is -2.45. The molecule has 3 aromatic rings. The first-order chi connectivity index (χ1) is 14.9. The van der Waals surface area contributed by atoms with E-state index >= 15 is 0 Å². The van der Waals surface area contributed by atoms with Crippen molar-refractivity contribution in [1.82, 2.24) is 5.32 Å². The number of fused-ring (bicyclic) bond motifs is 1. The van der Waals surface area contributed by atoms with Crippen LogP contribution >= 0.6 is 0 Å². The minimum Gasteiger partial charge on any atom is -0.497 e. The topological polar surface area (TPSA) is 94.8 Å². The van der Waals surface area contributed by atoms with Gasteiger partial charge in [0.25, 0.3) is 0 Å². The Labute approximate surface area is 180 Å². The van der Waals surface area contributed by atoms with Crippen molar-refractivity contribution in [1.29, 1.82) is 0 Å². The molecule has 0 aliphatic carbocycles. The predicted octanol–water partition coefficient (Wildman–Crippen LogP) is 3.23. The van der Waals surface area contributed by atoms with Crippen LogP contribution in [0, 0.1) is 5.92 Å². The second-order valence-corrected chi connectivity index (χ2v) is 7.51. The summed E-state index contributed by atoms with van der Waals surface area (Å²) in [5.74, 6) is -0.453. The molecule has 1 amide bonds. The highest BCUT2D eigenvalue weighted by molar-refractivity contribution is 5.86. The number of benzene rings is 2. The molecular formula is C24H25NO6. The molecule has 2 aromatic carbocycles. The third kappa shape index (κ3) is 5.72. The van der Waals surface area contributed by atoms with Gasteiger partial charge in [-0.3, -0.25) is 4.79 Å². The van der Waals surface area contributed by atoms with Crippen LogP contribution in [0.1, 0.15) is 25.0 Å². The number of hydrogen-bond acceptors (Lipinski definition) is 6. The van der Waals surface area contributed by atoms with Gasteiger partial charge in [-0.2, -0.15) is 0 Å². The number of amides is 1. The van der Waals surface area contributed by atoms with Gasteiger partial charge in [-0.15, -0.1) is 0 Å². The smallest absolute Gasteiger partial charge is 0.336 e. The second kappa shape index (κ2) is 9.93. The van der Waals surface area contributed by atoms with Crippen LogP contribution in [0.3, 0.4) is 0 Å². The van der Waals surface area contributed by atoms with Crippen LogP contribution in [-0.2, 0) is 27.4 Å². The standard InChI is InChI=1S/C24H25NO6/c1-15(2)23(25-21(26)11-16-7-5-4-6-8-16)24(28)30-14-17-12-22(27)31-20-13-18(29-3)9-10-19(17)20/h4-10,12-13,15,23H,11,14H2,1-3H3,(H,25,26)/t23-/m0/s1. The molecule has 0 saturated carbocycles. The first-order valence-electron chi connectivity index (χ1n) is 9.98. The van der Waals surface area contributed by atoms with Crippen LogP contribution < -0.4 is 15.7 Å². The fourth-order valence-electron chi connectivity index (χ4n) is 3.20. The molecule has 1 atom stereocenters. The molecule has 0 fully saturated rings. The van der Waals surface area contributed by atoms with E-state index in [1.807, 2.05) is 44.2 Å². The molecule has 0 aliphatic heterocycles. The van der Waals surface area contributed by atoms with Gasteiger partial charge in [-0.05, 0) is 23.6 Å². The number of ether oxygens (including phenoxy) is 2. The zero-order chi connectivity index (χ0) is 22.4. The van der Waals surface area contributed by atoms with Crippen molar-refractivity contribution < 1.29 is 23.5 Å². The van der Waals surface area contributed by atoms with Gasteiger partial charge >= 0.3 is 11.6 Å². The van der Waals surface area contributed by atoms with Crippen molar-refractivity contribution in [3.8, 4) is 5.75 Å². The van der Waals surface area contributed by atoms with E-state index in [1.165, 1.54) is 13.2 Å². The molecule has 1 N–H and O–H groups in total. The van der Waals surface area contributed by atoms with E-state index in [1.54, 1.807) is 18.2 Å². The second-order valence-electron chi connectivity index (χ2n) is 7.51. The monoisotopic (exact) mass is 423 g/mol. The van der Waals surface area contributed by atoms with Gasteiger partial charge in [0, 0.05) is 23.1 Å². The third-order valence-electron chi connectivity index (χ3n) is 4.85. The van der Waals surface area contributed by atoms with Crippen molar-refractivity contribution in [2.24, 2.45) is 5.92 Å². The van der Waals surface area contributed by atoms with Gasteiger partial charge in [-0.25, -0.2) is 9.59 Å². The fraction of sp³-hybridized carbons (Fsp3) is 0.292. The Morgan fingerprint density at radius 3 is 2.48 bits per heavy atom. The van der Waals surface area contributed by atoms with E-state index in [0.717, 1.165) is 5.56 Å². The van der Waals surface area contributed by atoms with Crippen molar-refractivity contribution in [3.63, 3.8) is 0 Å². The largest absolute Gasteiger partial charge is 0.497 e. The average molecular weight is 423 g/mol. The average Bonchev–Trinajstić information content (AvgIpc) is 2.75. The van der Waals surface area contributed by atoms with E-state index in [2.05, 4.69) is 5.32 Å². The van der Waals surface area contributed by atoms with E-state index in [0.29, 0.717) is 22.3 Å².